The van der Waals surface area contributed by atoms with E-state index in [1.807, 2.05) is 24.1 Å². The molecule has 0 aromatic carbocycles. The van der Waals surface area contributed by atoms with Crippen LogP contribution in [0.4, 0.5) is 0 Å². The highest BCUT2D eigenvalue weighted by Gasteiger charge is 2.14. The van der Waals surface area contributed by atoms with Crippen LogP contribution in [-0.2, 0) is 6.42 Å². The molecule has 0 spiro atoms. The summed E-state index contributed by atoms with van der Waals surface area (Å²) in [7, 11) is 1.99. The first-order valence-corrected chi connectivity index (χ1v) is 8.10. The third kappa shape index (κ3) is 2.99. The van der Waals surface area contributed by atoms with Gasteiger partial charge in [-0.2, -0.15) is 5.10 Å². The predicted octanol–water partition coefficient (Wildman–Crippen LogP) is 3.58. The zero-order chi connectivity index (χ0) is 14.8. The molecule has 0 saturated carbocycles. The fraction of sp³-hybridized carbons (Fsp3) is 0.375. The highest BCUT2D eigenvalue weighted by Crippen LogP contribution is 2.24. The van der Waals surface area contributed by atoms with Crippen LogP contribution in [0, 0.1) is 0 Å². The Bertz CT molecular complexity index is 729. The molecular weight excluding hydrogens is 280 g/mol. The summed E-state index contributed by atoms with van der Waals surface area (Å²) in [5.74, 6) is 0. The molecule has 3 rings (SSSR count). The maximum Gasteiger partial charge on any atom is 0.0809 e. The van der Waals surface area contributed by atoms with Gasteiger partial charge in [-0.15, -0.1) is 11.3 Å². The molecule has 1 N–H and O–H groups in total. The lowest BCUT2D eigenvalue weighted by Gasteiger charge is -2.15. The smallest absolute Gasteiger partial charge is 0.0809 e. The lowest BCUT2D eigenvalue weighted by atomic mass is 10.0. The van der Waals surface area contributed by atoms with Gasteiger partial charge in [0.25, 0.3) is 0 Å². The van der Waals surface area contributed by atoms with Gasteiger partial charge in [0, 0.05) is 30.9 Å². The van der Waals surface area contributed by atoms with Gasteiger partial charge in [0.05, 0.1) is 15.9 Å². The molecule has 3 aromatic rings. The SMILES string of the molecule is CNC(Cc1ccn(C(C)C)n1)c1cnc2ccsc2c1. The summed E-state index contributed by atoms with van der Waals surface area (Å²) in [6, 6.07) is 7.02. The van der Waals surface area contributed by atoms with E-state index < -0.39 is 0 Å². The van der Waals surface area contributed by atoms with Crippen molar-refractivity contribution >= 4 is 21.6 Å². The minimum Gasteiger partial charge on any atom is -0.313 e. The maximum atomic E-state index is 4.63. The van der Waals surface area contributed by atoms with Gasteiger partial charge in [-0.25, -0.2) is 0 Å². The normalized spacial score (nSPS) is 13.1. The molecule has 21 heavy (non-hydrogen) atoms. The summed E-state index contributed by atoms with van der Waals surface area (Å²) in [5, 5.41) is 10.1. The monoisotopic (exact) mass is 300 g/mol. The Hall–Kier alpha value is -1.72. The van der Waals surface area contributed by atoms with Crippen molar-refractivity contribution in [1.29, 1.82) is 0 Å². The van der Waals surface area contributed by atoms with Crippen molar-refractivity contribution in [1.82, 2.24) is 20.1 Å². The average molecular weight is 300 g/mol. The van der Waals surface area contributed by atoms with Crippen molar-refractivity contribution in [2.45, 2.75) is 32.4 Å². The van der Waals surface area contributed by atoms with Crippen LogP contribution in [0.15, 0.2) is 36.0 Å². The van der Waals surface area contributed by atoms with Gasteiger partial charge >= 0.3 is 0 Å². The quantitative estimate of drug-likeness (QED) is 0.783. The minimum atomic E-state index is 0.236. The fourth-order valence-corrected chi connectivity index (χ4v) is 3.21. The van der Waals surface area contributed by atoms with E-state index in [2.05, 4.69) is 52.8 Å². The Kier molecular flexibility index (Phi) is 4.03. The maximum absolute atomic E-state index is 4.63. The second kappa shape index (κ2) is 5.95. The highest BCUT2D eigenvalue weighted by molar-refractivity contribution is 7.17. The van der Waals surface area contributed by atoms with Crippen LogP contribution in [0.2, 0.25) is 0 Å². The zero-order valence-corrected chi connectivity index (χ0v) is 13.4. The van der Waals surface area contributed by atoms with Crippen molar-refractivity contribution in [3.05, 3.63) is 47.2 Å². The second-order valence-electron chi connectivity index (χ2n) is 5.50. The topological polar surface area (TPSA) is 42.7 Å². The summed E-state index contributed by atoms with van der Waals surface area (Å²) in [6.45, 7) is 4.28. The molecule has 0 aliphatic carbocycles. The second-order valence-corrected chi connectivity index (χ2v) is 6.45. The number of hydrogen-bond donors (Lipinski definition) is 1. The number of thiophene rings is 1. The van der Waals surface area contributed by atoms with E-state index in [0.717, 1.165) is 17.6 Å². The van der Waals surface area contributed by atoms with Crippen LogP contribution in [0.25, 0.3) is 10.2 Å². The van der Waals surface area contributed by atoms with Crippen LogP contribution in [0.5, 0.6) is 0 Å². The van der Waals surface area contributed by atoms with Crippen LogP contribution >= 0.6 is 11.3 Å². The third-order valence-corrected chi connectivity index (χ3v) is 4.53. The Morgan fingerprint density at radius 2 is 2.19 bits per heavy atom. The summed E-state index contributed by atoms with van der Waals surface area (Å²) in [4.78, 5) is 4.53. The Balaban J connectivity index is 1.83. The predicted molar refractivity (Wildman–Crippen MR) is 87.7 cm³/mol. The Morgan fingerprint density at radius 3 is 2.90 bits per heavy atom. The zero-order valence-electron chi connectivity index (χ0n) is 12.6. The van der Waals surface area contributed by atoms with Gasteiger partial charge in [0.1, 0.15) is 0 Å². The van der Waals surface area contributed by atoms with E-state index in [4.69, 9.17) is 0 Å². The summed E-state index contributed by atoms with van der Waals surface area (Å²) in [6.07, 6.45) is 4.89. The molecular formula is C16H20N4S. The first-order valence-electron chi connectivity index (χ1n) is 7.22. The standard InChI is InChI=1S/C16H20N4S/c1-11(2)20-6-4-13(19-20)9-15(17-3)12-8-16-14(18-10-12)5-7-21-16/h4-8,10-11,15,17H,9H2,1-3H3. The van der Waals surface area contributed by atoms with Gasteiger partial charge in [-0.05, 0) is 50.0 Å². The number of hydrogen-bond acceptors (Lipinski definition) is 4. The number of pyridine rings is 1. The molecule has 0 amide bonds. The number of aromatic nitrogens is 3. The molecule has 3 heterocycles. The highest BCUT2D eigenvalue weighted by atomic mass is 32.1. The molecule has 110 valence electrons. The molecule has 0 radical (unpaired) electrons. The van der Waals surface area contributed by atoms with Crippen molar-refractivity contribution < 1.29 is 0 Å². The first kappa shape index (κ1) is 14.2. The number of rotatable bonds is 5. The molecule has 0 bridgehead atoms. The number of likely N-dealkylation sites (N-methyl/N-ethyl adjacent to an activating group) is 1. The van der Waals surface area contributed by atoms with E-state index in [9.17, 15) is 0 Å². The number of fused-ring (bicyclic) bond motifs is 1. The van der Waals surface area contributed by atoms with E-state index in [-0.39, 0.29) is 6.04 Å². The molecule has 0 aliphatic heterocycles. The lowest BCUT2D eigenvalue weighted by Crippen LogP contribution is -2.19. The van der Waals surface area contributed by atoms with Crippen molar-refractivity contribution in [2.24, 2.45) is 0 Å². The van der Waals surface area contributed by atoms with Crippen LogP contribution in [0.3, 0.4) is 0 Å². The number of nitrogens with one attached hydrogen (secondary N) is 1. The van der Waals surface area contributed by atoms with E-state index in [0.29, 0.717) is 6.04 Å². The van der Waals surface area contributed by atoms with Gasteiger partial charge < -0.3 is 5.32 Å². The van der Waals surface area contributed by atoms with Crippen molar-refractivity contribution in [3.8, 4) is 0 Å². The van der Waals surface area contributed by atoms with Crippen molar-refractivity contribution in [3.63, 3.8) is 0 Å². The van der Waals surface area contributed by atoms with Crippen LogP contribution < -0.4 is 5.32 Å². The van der Waals surface area contributed by atoms with Gasteiger partial charge in [-0.1, -0.05) is 0 Å². The summed E-state index contributed by atoms with van der Waals surface area (Å²) >= 11 is 1.73. The number of nitrogens with zero attached hydrogens (tertiary/aromatic N) is 3. The molecule has 0 saturated heterocycles. The summed E-state index contributed by atoms with van der Waals surface area (Å²) < 4.78 is 3.24. The molecule has 4 nitrogen and oxygen atoms in total. The fourth-order valence-electron chi connectivity index (χ4n) is 2.42. The van der Waals surface area contributed by atoms with Gasteiger partial charge in [-0.3, -0.25) is 9.67 Å². The molecule has 0 fully saturated rings. The average Bonchev–Trinajstić information content (AvgIpc) is 3.12. The first-order chi connectivity index (χ1) is 10.2. The third-order valence-electron chi connectivity index (χ3n) is 3.68. The van der Waals surface area contributed by atoms with E-state index in [1.54, 1.807) is 11.3 Å². The molecule has 0 aliphatic rings. The molecule has 3 aromatic heterocycles. The summed E-state index contributed by atoms with van der Waals surface area (Å²) in [5.41, 5.74) is 3.39. The van der Waals surface area contributed by atoms with Crippen LogP contribution in [-0.4, -0.2) is 21.8 Å². The Morgan fingerprint density at radius 1 is 1.33 bits per heavy atom. The van der Waals surface area contributed by atoms with E-state index in [1.165, 1.54) is 10.3 Å². The lowest BCUT2D eigenvalue weighted by molar-refractivity contribution is 0.515. The minimum absolute atomic E-state index is 0.236. The van der Waals surface area contributed by atoms with Gasteiger partial charge in [0.15, 0.2) is 0 Å². The largest absolute Gasteiger partial charge is 0.313 e. The van der Waals surface area contributed by atoms with E-state index >= 15 is 0 Å². The van der Waals surface area contributed by atoms with Crippen LogP contribution in [0.1, 0.15) is 37.2 Å². The molecule has 5 heteroatoms. The van der Waals surface area contributed by atoms with Gasteiger partial charge in [0.2, 0.25) is 0 Å². The molecule has 1 unspecified atom stereocenters. The molecule has 1 atom stereocenters. The van der Waals surface area contributed by atoms with Crippen molar-refractivity contribution in [2.75, 3.05) is 7.05 Å². The Labute approximate surface area is 128 Å².